The van der Waals surface area contributed by atoms with Crippen LogP contribution < -0.4 is 15.2 Å². The maximum Gasteiger partial charge on any atom is 0.320 e. The van der Waals surface area contributed by atoms with Crippen LogP contribution in [0.25, 0.3) is 11.2 Å². The molecule has 0 unspecified atom stereocenters. The van der Waals surface area contributed by atoms with Crippen LogP contribution in [0.4, 0.5) is 5.82 Å². The normalized spacial score (nSPS) is 17.5. The number of hydrogen-bond acceptors (Lipinski definition) is 7. The lowest BCUT2D eigenvalue weighted by atomic mass is 10.1. The number of fused-ring (bicyclic) bond motifs is 1. The van der Waals surface area contributed by atoms with Crippen LogP contribution in [-0.2, 0) is 11.3 Å². The molecule has 24 heavy (non-hydrogen) atoms. The van der Waals surface area contributed by atoms with Crippen molar-refractivity contribution in [2.45, 2.75) is 39.2 Å². The van der Waals surface area contributed by atoms with Gasteiger partial charge in [0.1, 0.15) is 0 Å². The highest BCUT2D eigenvalue weighted by molar-refractivity contribution is 5.83. The van der Waals surface area contributed by atoms with Crippen LogP contribution in [0.5, 0.6) is 12.0 Å². The Bertz CT molecular complexity index is 682. The molecule has 8 heteroatoms. The fourth-order valence-corrected chi connectivity index (χ4v) is 2.83. The first kappa shape index (κ1) is 16.8. The second-order valence-electron chi connectivity index (χ2n) is 6.03. The van der Waals surface area contributed by atoms with E-state index in [9.17, 15) is 0 Å². The Labute approximate surface area is 141 Å². The van der Waals surface area contributed by atoms with E-state index in [2.05, 4.69) is 21.9 Å². The number of nitrogen functional groups attached to an aromatic ring is 1. The van der Waals surface area contributed by atoms with E-state index in [0.29, 0.717) is 41.5 Å². The third-order valence-electron chi connectivity index (χ3n) is 4.26. The van der Waals surface area contributed by atoms with Crippen molar-refractivity contribution in [1.29, 1.82) is 0 Å². The van der Waals surface area contributed by atoms with Crippen LogP contribution in [0.3, 0.4) is 0 Å². The number of aromatic nitrogens is 4. The molecule has 0 aliphatic carbocycles. The molecule has 3 rings (SSSR count). The molecule has 1 fully saturated rings. The average Bonchev–Trinajstić information content (AvgIpc) is 3.20. The van der Waals surface area contributed by atoms with Gasteiger partial charge in [0, 0.05) is 19.8 Å². The van der Waals surface area contributed by atoms with E-state index in [1.165, 1.54) is 0 Å². The van der Waals surface area contributed by atoms with E-state index in [-0.39, 0.29) is 0 Å². The first-order valence-electron chi connectivity index (χ1n) is 8.51. The number of ether oxygens (including phenoxy) is 3. The third-order valence-corrected chi connectivity index (χ3v) is 4.26. The van der Waals surface area contributed by atoms with E-state index < -0.39 is 0 Å². The van der Waals surface area contributed by atoms with Gasteiger partial charge in [0.15, 0.2) is 17.0 Å². The summed E-state index contributed by atoms with van der Waals surface area (Å²) in [6, 6.07) is 0.789. The van der Waals surface area contributed by atoms with Crippen LogP contribution in [0, 0.1) is 5.92 Å². The van der Waals surface area contributed by atoms with Crippen LogP contribution in [0.1, 0.15) is 32.6 Å². The Morgan fingerprint density at radius 3 is 2.92 bits per heavy atom. The highest BCUT2D eigenvalue weighted by Crippen LogP contribution is 2.27. The Balaban J connectivity index is 1.86. The molecule has 0 radical (unpaired) electrons. The number of nitrogens with two attached hydrogens (primary N) is 1. The fraction of sp³-hybridized carbons (Fsp3) is 0.688. The van der Waals surface area contributed by atoms with Gasteiger partial charge in [0.2, 0.25) is 0 Å². The van der Waals surface area contributed by atoms with Gasteiger partial charge in [-0.15, -0.1) is 0 Å². The number of unbranched alkanes of at least 4 members (excludes halogenated alkanes) is 1. The second kappa shape index (κ2) is 7.65. The van der Waals surface area contributed by atoms with E-state index in [4.69, 9.17) is 19.9 Å². The van der Waals surface area contributed by atoms with Crippen LogP contribution >= 0.6 is 0 Å². The van der Waals surface area contributed by atoms with Crippen molar-refractivity contribution in [3.8, 4) is 12.0 Å². The summed E-state index contributed by atoms with van der Waals surface area (Å²) in [4.78, 5) is 13.1. The Morgan fingerprint density at radius 2 is 2.21 bits per heavy atom. The van der Waals surface area contributed by atoms with Crippen molar-refractivity contribution in [3.05, 3.63) is 0 Å². The lowest BCUT2D eigenvalue weighted by Crippen LogP contribution is -2.09. The van der Waals surface area contributed by atoms with Crippen LogP contribution in [0.2, 0.25) is 0 Å². The van der Waals surface area contributed by atoms with Gasteiger partial charge in [-0.3, -0.25) is 4.57 Å². The zero-order chi connectivity index (χ0) is 16.9. The van der Waals surface area contributed by atoms with Crippen molar-refractivity contribution >= 4 is 17.0 Å². The molecule has 3 heterocycles. The number of aryl methyl sites for hydroxylation is 1. The van der Waals surface area contributed by atoms with Crippen molar-refractivity contribution in [2.75, 3.05) is 32.7 Å². The molecule has 1 saturated heterocycles. The Hall–Kier alpha value is -2.09. The topological polar surface area (TPSA) is 97.3 Å². The molecular weight excluding hydrogens is 310 g/mol. The summed E-state index contributed by atoms with van der Waals surface area (Å²) in [6.45, 7) is 5.09. The van der Waals surface area contributed by atoms with Gasteiger partial charge < -0.3 is 19.9 Å². The van der Waals surface area contributed by atoms with E-state index in [1.807, 2.05) is 4.57 Å². The predicted molar refractivity (Wildman–Crippen MR) is 90.2 cm³/mol. The summed E-state index contributed by atoms with van der Waals surface area (Å²) in [5.41, 5.74) is 7.24. The summed E-state index contributed by atoms with van der Waals surface area (Å²) in [5.74, 6) is 0.874. The second-order valence-corrected chi connectivity index (χ2v) is 6.03. The molecule has 1 aliphatic heterocycles. The molecular formula is C16H25N5O3. The van der Waals surface area contributed by atoms with Crippen molar-refractivity contribution in [2.24, 2.45) is 5.92 Å². The molecule has 2 aromatic rings. The first-order valence-corrected chi connectivity index (χ1v) is 8.51. The standard InChI is InChI=1S/C16H25N5O3/c1-3-4-8-24-15-19-13(17)12-14(20-15)21(16(18-12)22-2)7-5-11-6-9-23-10-11/h11H,3-10H2,1-2H3,(H2,17,19,20)/t11-/m0/s1. The zero-order valence-electron chi connectivity index (χ0n) is 14.3. The average molecular weight is 335 g/mol. The molecule has 0 bridgehead atoms. The summed E-state index contributed by atoms with van der Waals surface area (Å²) in [5, 5.41) is 0. The highest BCUT2D eigenvalue weighted by Gasteiger charge is 2.20. The molecule has 1 atom stereocenters. The van der Waals surface area contributed by atoms with E-state index >= 15 is 0 Å². The van der Waals surface area contributed by atoms with Gasteiger partial charge in [-0.2, -0.15) is 15.0 Å². The lowest BCUT2D eigenvalue weighted by molar-refractivity contribution is 0.183. The fourth-order valence-electron chi connectivity index (χ4n) is 2.83. The molecule has 0 saturated carbocycles. The number of imidazole rings is 1. The molecule has 2 aromatic heterocycles. The summed E-state index contributed by atoms with van der Waals surface area (Å²) >= 11 is 0. The number of rotatable bonds is 8. The molecule has 0 spiro atoms. The number of methoxy groups -OCH3 is 1. The van der Waals surface area contributed by atoms with Crippen molar-refractivity contribution in [3.63, 3.8) is 0 Å². The first-order chi connectivity index (χ1) is 11.7. The smallest absolute Gasteiger partial charge is 0.320 e. The van der Waals surface area contributed by atoms with Gasteiger partial charge in [-0.25, -0.2) is 0 Å². The lowest BCUT2D eigenvalue weighted by Gasteiger charge is -2.11. The zero-order valence-corrected chi connectivity index (χ0v) is 14.3. The highest BCUT2D eigenvalue weighted by atomic mass is 16.5. The molecule has 2 N–H and O–H groups in total. The molecule has 8 nitrogen and oxygen atoms in total. The Kier molecular flexibility index (Phi) is 5.34. The molecule has 0 aromatic carbocycles. The minimum absolute atomic E-state index is 0.293. The number of anilines is 1. The SMILES string of the molecule is CCCCOc1nc(N)c2nc(OC)n(CC[C@H]3CCOC3)c2n1. The molecule has 0 amide bonds. The van der Waals surface area contributed by atoms with Gasteiger partial charge in [-0.05, 0) is 25.2 Å². The van der Waals surface area contributed by atoms with E-state index in [1.54, 1.807) is 7.11 Å². The van der Waals surface area contributed by atoms with Gasteiger partial charge in [0.05, 0.1) is 13.7 Å². The predicted octanol–water partition coefficient (Wildman–Crippen LogP) is 2.02. The third kappa shape index (κ3) is 3.53. The number of hydrogen-bond donors (Lipinski definition) is 1. The molecule has 1 aliphatic rings. The summed E-state index contributed by atoms with van der Waals surface area (Å²) < 4.78 is 18.4. The monoisotopic (exact) mass is 335 g/mol. The minimum Gasteiger partial charge on any atom is -0.468 e. The van der Waals surface area contributed by atoms with Crippen molar-refractivity contribution in [1.82, 2.24) is 19.5 Å². The van der Waals surface area contributed by atoms with Gasteiger partial charge in [-0.1, -0.05) is 13.3 Å². The maximum absolute atomic E-state index is 6.03. The maximum atomic E-state index is 6.03. The van der Waals surface area contributed by atoms with Gasteiger partial charge in [0.25, 0.3) is 6.01 Å². The quantitative estimate of drug-likeness (QED) is 0.737. The Morgan fingerprint density at radius 1 is 1.33 bits per heavy atom. The summed E-state index contributed by atoms with van der Waals surface area (Å²) in [6.07, 6.45) is 4.08. The van der Waals surface area contributed by atoms with Crippen molar-refractivity contribution < 1.29 is 14.2 Å². The largest absolute Gasteiger partial charge is 0.468 e. The molecule has 132 valence electrons. The number of nitrogens with zero attached hydrogens (tertiary/aromatic N) is 4. The van der Waals surface area contributed by atoms with Crippen LogP contribution in [0.15, 0.2) is 0 Å². The summed E-state index contributed by atoms with van der Waals surface area (Å²) in [7, 11) is 1.60. The van der Waals surface area contributed by atoms with Gasteiger partial charge >= 0.3 is 6.01 Å². The van der Waals surface area contributed by atoms with E-state index in [0.717, 1.165) is 45.4 Å². The van der Waals surface area contributed by atoms with Crippen LogP contribution in [-0.4, -0.2) is 46.4 Å². The minimum atomic E-state index is 0.293.